The van der Waals surface area contributed by atoms with E-state index < -0.39 is 0 Å². The summed E-state index contributed by atoms with van der Waals surface area (Å²) in [6.07, 6.45) is 6.10. The maximum atomic E-state index is 12.3. The van der Waals surface area contributed by atoms with Crippen molar-refractivity contribution in [1.29, 1.82) is 0 Å². The largest absolute Gasteiger partial charge is 0.368 e. The zero-order chi connectivity index (χ0) is 13.9. The fourth-order valence-corrected chi connectivity index (χ4v) is 2.83. The molecule has 1 aromatic rings. The van der Waals surface area contributed by atoms with E-state index in [4.69, 9.17) is 4.74 Å². The number of hydrogen-bond donors (Lipinski definition) is 1. The third-order valence-corrected chi connectivity index (χ3v) is 4.00. The lowest BCUT2D eigenvalue weighted by molar-refractivity contribution is -0.126. The van der Waals surface area contributed by atoms with Crippen LogP contribution in [0.5, 0.6) is 0 Å². The molecule has 6 nitrogen and oxygen atoms in total. The molecule has 0 bridgehead atoms. The van der Waals surface area contributed by atoms with Crippen molar-refractivity contribution < 1.29 is 9.53 Å². The molecule has 0 aromatic carbocycles. The molecule has 0 radical (unpaired) electrons. The van der Waals surface area contributed by atoms with Gasteiger partial charge in [-0.25, -0.2) is 9.97 Å². The average Bonchev–Trinajstić information content (AvgIpc) is 3.10. The summed E-state index contributed by atoms with van der Waals surface area (Å²) >= 11 is 0. The molecule has 1 N–H and O–H groups in total. The van der Waals surface area contributed by atoms with Crippen LogP contribution in [0, 0.1) is 5.92 Å². The van der Waals surface area contributed by atoms with Crippen LogP contribution >= 0.6 is 0 Å². The molecule has 2 atom stereocenters. The van der Waals surface area contributed by atoms with Crippen molar-refractivity contribution in [3.8, 4) is 0 Å². The van der Waals surface area contributed by atoms with Crippen LogP contribution in [-0.2, 0) is 9.53 Å². The molecule has 3 rings (SSSR count). The first-order chi connectivity index (χ1) is 9.75. The molecule has 3 heterocycles. The van der Waals surface area contributed by atoms with Crippen LogP contribution in [0.2, 0.25) is 0 Å². The highest BCUT2D eigenvalue weighted by molar-refractivity contribution is 5.96. The average molecular weight is 276 g/mol. The van der Waals surface area contributed by atoms with Gasteiger partial charge in [0.1, 0.15) is 18.1 Å². The number of aromatic nitrogens is 2. The molecular formula is C14H20N4O2. The number of nitrogens with one attached hydrogen (secondary N) is 1. The van der Waals surface area contributed by atoms with Gasteiger partial charge >= 0.3 is 0 Å². The summed E-state index contributed by atoms with van der Waals surface area (Å²) < 4.78 is 5.50. The molecule has 1 aromatic heterocycles. The lowest BCUT2D eigenvalue weighted by atomic mass is 10.0. The second-order valence-electron chi connectivity index (χ2n) is 5.50. The van der Waals surface area contributed by atoms with Crippen molar-refractivity contribution in [1.82, 2.24) is 9.97 Å². The molecule has 0 aliphatic carbocycles. The van der Waals surface area contributed by atoms with Gasteiger partial charge in [-0.3, -0.25) is 4.79 Å². The maximum absolute atomic E-state index is 12.3. The van der Waals surface area contributed by atoms with Gasteiger partial charge in [0.25, 0.3) is 5.91 Å². The minimum atomic E-state index is -0.360. The molecule has 0 unspecified atom stereocenters. The third-order valence-electron chi connectivity index (χ3n) is 4.00. The lowest BCUT2D eigenvalue weighted by Gasteiger charge is -2.21. The highest BCUT2D eigenvalue weighted by Crippen LogP contribution is 2.27. The smallest absolute Gasteiger partial charge is 0.253 e. The number of nitrogens with zero attached hydrogens (tertiary/aromatic N) is 3. The summed E-state index contributed by atoms with van der Waals surface area (Å²) in [5.74, 6) is 0.983. The Labute approximate surface area is 118 Å². The predicted molar refractivity (Wildman–Crippen MR) is 75.6 cm³/mol. The van der Waals surface area contributed by atoms with Gasteiger partial charge in [0, 0.05) is 19.7 Å². The van der Waals surface area contributed by atoms with Gasteiger partial charge in [0.05, 0.1) is 6.20 Å². The number of carbonyl (C=O) groups is 1. The van der Waals surface area contributed by atoms with Crippen molar-refractivity contribution in [3.63, 3.8) is 0 Å². The molecule has 0 spiro atoms. The first-order valence-corrected chi connectivity index (χ1v) is 7.23. The van der Waals surface area contributed by atoms with Crippen LogP contribution in [0.1, 0.15) is 26.2 Å². The van der Waals surface area contributed by atoms with E-state index in [0.29, 0.717) is 12.3 Å². The zero-order valence-corrected chi connectivity index (χ0v) is 11.7. The number of ether oxygens (including phenoxy) is 1. The van der Waals surface area contributed by atoms with Gasteiger partial charge in [0.2, 0.25) is 0 Å². The van der Waals surface area contributed by atoms with E-state index in [-0.39, 0.29) is 17.9 Å². The quantitative estimate of drug-likeness (QED) is 0.905. The van der Waals surface area contributed by atoms with Crippen LogP contribution < -0.4 is 10.2 Å². The Morgan fingerprint density at radius 1 is 1.45 bits per heavy atom. The van der Waals surface area contributed by atoms with Crippen molar-refractivity contribution in [2.45, 2.75) is 32.3 Å². The van der Waals surface area contributed by atoms with Gasteiger partial charge in [0.15, 0.2) is 5.82 Å². The van der Waals surface area contributed by atoms with Gasteiger partial charge in [-0.15, -0.1) is 0 Å². The van der Waals surface area contributed by atoms with Gasteiger partial charge in [-0.2, -0.15) is 0 Å². The summed E-state index contributed by atoms with van der Waals surface area (Å²) in [6, 6.07) is 0. The molecule has 108 valence electrons. The standard InChI is InChI=1S/C14H20N4O2/c1-10-4-7-20-12(10)14(19)17-11-8-15-9-16-13(11)18-5-2-3-6-18/h8-10,12H,2-7H2,1H3,(H,17,19)/t10-,12+/m0/s1. The molecular weight excluding hydrogens is 256 g/mol. The second kappa shape index (κ2) is 5.75. The minimum absolute atomic E-state index is 0.0924. The van der Waals surface area contributed by atoms with Gasteiger partial charge < -0.3 is 15.0 Å². The molecule has 0 saturated carbocycles. The molecule has 2 saturated heterocycles. The Hall–Kier alpha value is -1.69. The summed E-state index contributed by atoms with van der Waals surface area (Å²) in [4.78, 5) is 22.8. The fraction of sp³-hybridized carbons (Fsp3) is 0.643. The van der Waals surface area contributed by atoms with E-state index in [1.165, 1.54) is 19.2 Å². The predicted octanol–water partition coefficient (Wildman–Crippen LogP) is 1.44. The Morgan fingerprint density at radius 2 is 2.25 bits per heavy atom. The van der Waals surface area contributed by atoms with E-state index in [1.54, 1.807) is 6.20 Å². The molecule has 2 aliphatic heterocycles. The normalized spacial score (nSPS) is 25.9. The Bertz CT molecular complexity index is 488. The van der Waals surface area contributed by atoms with E-state index in [2.05, 4.69) is 20.2 Å². The summed E-state index contributed by atoms with van der Waals surface area (Å²) in [6.45, 7) is 4.66. The van der Waals surface area contributed by atoms with Gasteiger partial charge in [-0.05, 0) is 25.2 Å². The summed E-state index contributed by atoms with van der Waals surface area (Å²) in [5, 5.41) is 2.93. The van der Waals surface area contributed by atoms with Crippen molar-refractivity contribution >= 4 is 17.4 Å². The van der Waals surface area contributed by atoms with Crippen LogP contribution in [0.25, 0.3) is 0 Å². The maximum Gasteiger partial charge on any atom is 0.253 e. The minimum Gasteiger partial charge on any atom is -0.368 e. The van der Waals surface area contributed by atoms with Crippen molar-refractivity contribution in [2.24, 2.45) is 5.92 Å². The van der Waals surface area contributed by atoms with E-state index in [9.17, 15) is 4.79 Å². The van der Waals surface area contributed by atoms with Gasteiger partial charge in [-0.1, -0.05) is 6.92 Å². The number of carbonyl (C=O) groups excluding carboxylic acids is 1. The van der Waals surface area contributed by atoms with Crippen LogP contribution in [-0.4, -0.2) is 41.7 Å². The van der Waals surface area contributed by atoms with E-state index >= 15 is 0 Å². The highest BCUT2D eigenvalue weighted by Gasteiger charge is 2.31. The van der Waals surface area contributed by atoms with E-state index in [1.807, 2.05) is 6.92 Å². The highest BCUT2D eigenvalue weighted by atomic mass is 16.5. The van der Waals surface area contributed by atoms with Crippen molar-refractivity contribution in [3.05, 3.63) is 12.5 Å². The summed E-state index contributed by atoms with van der Waals surface area (Å²) in [5.41, 5.74) is 0.683. The monoisotopic (exact) mass is 276 g/mol. The topological polar surface area (TPSA) is 67.3 Å². The molecule has 2 aliphatic rings. The number of amides is 1. The van der Waals surface area contributed by atoms with Crippen LogP contribution in [0.4, 0.5) is 11.5 Å². The van der Waals surface area contributed by atoms with E-state index in [0.717, 1.165) is 25.3 Å². The molecule has 2 fully saturated rings. The number of rotatable bonds is 3. The fourth-order valence-electron chi connectivity index (χ4n) is 2.83. The number of hydrogen-bond acceptors (Lipinski definition) is 5. The molecule has 1 amide bonds. The SMILES string of the molecule is C[C@H]1CCO[C@H]1C(=O)Nc1cncnc1N1CCCC1. The first kappa shape index (κ1) is 13.3. The third kappa shape index (κ3) is 2.60. The molecule has 6 heteroatoms. The Balaban J connectivity index is 1.75. The first-order valence-electron chi connectivity index (χ1n) is 7.23. The lowest BCUT2D eigenvalue weighted by Crippen LogP contribution is -2.32. The summed E-state index contributed by atoms with van der Waals surface area (Å²) in [7, 11) is 0. The second-order valence-corrected chi connectivity index (χ2v) is 5.50. The zero-order valence-electron chi connectivity index (χ0n) is 11.7. The van der Waals surface area contributed by atoms with Crippen molar-refractivity contribution in [2.75, 3.05) is 29.9 Å². The van der Waals surface area contributed by atoms with Crippen LogP contribution in [0.15, 0.2) is 12.5 Å². The Kier molecular flexibility index (Phi) is 3.82. The Morgan fingerprint density at radius 3 is 2.95 bits per heavy atom. The van der Waals surface area contributed by atoms with Crippen LogP contribution in [0.3, 0.4) is 0 Å². The molecule has 20 heavy (non-hydrogen) atoms. The number of anilines is 2.